The van der Waals surface area contributed by atoms with E-state index in [1.807, 2.05) is 0 Å². The number of fused-ring (bicyclic) bond motifs is 1. The van der Waals surface area contributed by atoms with Crippen LogP contribution in [0.25, 0.3) is 10.9 Å². The van der Waals surface area contributed by atoms with Crippen LogP contribution in [0, 0.1) is 0 Å². The first-order valence-electron chi connectivity index (χ1n) is 6.65. The van der Waals surface area contributed by atoms with Crippen LogP contribution in [0.1, 0.15) is 12.8 Å². The summed E-state index contributed by atoms with van der Waals surface area (Å²) in [5.41, 5.74) is -0.152. The van der Waals surface area contributed by atoms with Gasteiger partial charge >= 0.3 is 0 Å². The Morgan fingerprint density at radius 1 is 1.48 bits per heavy atom. The summed E-state index contributed by atoms with van der Waals surface area (Å²) in [6, 6.07) is 4.69. The Kier molecular flexibility index (Phi) is 3.50. The van der Waals surface area contributed by atoms with Crippen molar-refractivity contribution in [3.05, 3.63) is 28.6 Å². The fourth-order valence-electron chi connectivity index (χ4n) is 2.52. The molecule has 1 fully saturated rings. The van der Waals surface area contributed by atoms with Gasteiger partial charge in [-0.15, -0.1) is 0 Å². The van der Waals surface area contributed by atoms with E-state index in [9.17, 15) is 13.2 Å². The Bertz CT molecular complexity index is 815. The lowest BCUT2D eigenvalue weighted by atomic mass is 10.2. The lowest BCUT2D eigenvalue weighted by Gasteiger charge is -2.11. The van der Waals surface area contributed by atoms with E-state index in [1.165, 1.54) is 13.2 Å². The Labute approximate surface area is 121 Å². The Balaban J connectivity index is 2.08. The number of hydrogen-bond acceptors (Lipinski definition) is 5. The van der Waals surface area contributed by atoms with Crippen molar-refractivity contribution in [2.24, 2.45) is 0 Å². The van der Waals surface area contributed by atoms with Gasteiger partial charge in [0.15, 0.2) is 0 Å². The monoisotopic (exact) mass is 312 g/mol. The molecule has 1 N–H and O–H groups in total. The molecule has 0 radical (unpaired) electrons. The van der Waals surface area contributed by atoms with Gasteiger partial charge in [0.25, 0.3) is 15.6 Å². The maximum absolute atomic E-state index is 12.5. The molecule has 1 aromatic heterocycles. The van der Waals surface area contributed by atoms with Crippen LogP contribution in [0.2, 0.25) is 0 Å². The predicted molar refractivity (Wildman–Crippen MR) is 77.3 cm³/mol. The number of rotatable bonds is 4. The molecule has 1 atom stereocenters. The molecule has 7 nitrogen and oxygen atoms in total. The minimum absolute atomic E-state index is 0.149. The van der Waals surface area contributed by atoms with Crippen LogP contribution in [-0.2, 0) is 14.8 Å². The van der Waals surface area contributed by atoms with Gasteiger partial charge in [-0.2, -0.15) is 4.09 Å². The summed E-state index contributed by atoms with van der Waals surface area (Å²) < 4.78 is 36.3. The fourth-order valence-corrected chi connectivity index (χ4v) is 4.07. The molecule has 114 valence electrons. The molecule has 3 rings (SSSR count). The molecule has 2 heterocycles. The molecule has 1 unspecified atom stereocenters. The molecular formula is C13H16N2O5S. The van der Waals surface area contributed by atoms with Crippen LogP contribution in [-0.4, -0.2) is 43.2 Å². The number of H-pyrrole nitrogens is 1. The first-order chi connectivity index (χ1) is 10.0. The van der Waals surface area contributed by atoms with Crippen molar-refractivity contribution in [1.29, 1.82) is 0 Å². The van der Waals surface area contributed by atoms with Crippen LogP contribution in [0.3, 0.4) is 0 Å². The quantitative estimate of drug-likeness (QED) is 0.897. The van der Waals surface area contributed by atoms with Crippen molar-refractivity contribution in [2.75, 3.05) is 19.5 Å². The van der Waals surface area contributed by atoms with Gasteiger partial charge in [-0.05, 0) is 25.0 Å². The SMILES string of the molecule is COc1ccc2c(=O)[nH]n(S(=O)(=O)CC3CCCO3)c2c1. The molecule has 1 aromatic carbocycles. The molecule has 0 bridgehead atoms. The van der Waals surface area contributed by atoms with Crippen LogP contribution in [0.4, 0.5) is 0 Å². The van der Waals surface area contributed by atoms with Gasteiger partial charge in [-0.3, -0.25) is 4.79 Å². The summed E-state index contributed by atoms with van der Waals surface area (Å²) in [6.07, 6.45) is 1.25. The smallest absolute Gasteiger partial charge is 0.272 e. The number of ether oxygens (including phenoxy) is 2. The highest BCUT2D eigenvalue weighted by atomic mass is 32.2. The van der Waals surface area contributed by atoms with E-state index in [0.29, 0.717) is 24.2 Å². The topological polar surface area (TPSA) is 90.4 Å². The number of nitrogens with one attached hydrogen (secondary N) is 1. The molecule has 2 aromatic rings. The van der Waals surface area contributed by atoms with Crippen molar-refractivity contribution < 1.29 is 17.9 Å². The van der Waals surface area contributed by atoms with Crippen LogP contribution >= 0.6 is 0 Å². The number of benzene rings is 1. The summed E-state index contributed by atoms with van der Waals surface area (Å²) in [7, 11) is -2.21. The van der Waals surface area contributed by atoms with Crippen molar-refractivity contribution >= 4 is 20.9 Å². The number of nitrogens with zero attached hydrogens (tertiary/aromatic N) is 1. The first kappa shape index (κ1) is 14.2. The van der Waals surface area contributed by atoms with Gasteiger partial charge in [0.05, 0.1) is 29.9 Å². The van der Waals surface area contributed by atoms with E-state index in [2.05, 4.69) is 5.10 Å². The molecule has 8 heteroatoms. The normalized spacial score (nSPS) is 19.2. The summed E-state index contributed by atoms with van der Waals surface area (Å²) in [6.45, 7) is 0.580. The minimum atomic E-state index is -3.69. The Morgan fingerprint density at radius 2 is 2.29 bits per heavy atom. The van der Waals surface area contributed by atoms with Crippen molar-refractivity contribution in [3.63, 3.8) is 0 Å². The average Bonchev–Trinajstić information content (AvgIpc) is 3.06. The Morgan fingerprint density at radius 3 is 2.95 bits per heavy atom. The summed E-state index contributed by atoms with van der Waals surface area (Å²) >= 11 is 0. The number of aromatic amines is 1. The van der Waals surface area contributed by atoms with Gasteiger partial charge in [0.1, 0.15) is 5.75 Å². The Hall–Kier alpha value is -1.80. The number of methoxy groups -OCH3 is 1. The van der Waals surface area contributed by atoms with Gasteiger partial charge in [0, 0.05) is 12.7 Å². The maximum Gasteiger partial charge on any atom is 0.272 e. The third-order valence-electron chi connectivity index (χ3n) is 3.57. The van der Waals surface area contributed by atoms with Crippen LogP contribution < -0.4 is 10.3 Å². The average molecular weight is 312 g/mol. The lowest BCUT2D eigenvalue weighted by Crippen LogP contribution is -2.27. The molecule has 0 spiro atoms. The van der Waals surface area contributed by atoms with E-state index < -0.39 is 15.6 Å². The minimum Gasteiger partial charge on any atom is -0.497 e. The second-order valence-electron chi connectivity index (χ2n) is 5.00. The second-order valence-corrected chi connectivity index (χ2v) is 6.86. The van der Waals surface area contributed by atoms with E-state index in [4.69, 9.17) is 9.47 Å². The van der Waals surface area contributed by atoms with Gasteiger partial charge < -0.3 is 9.47 Å². The lowest BCUT2D eigenvalue weighted by molar-refractivity contribution is 0.127. The van der Waals surface area contributed by atoms with Gasteiger partial charge in [0.2, 0.25) is 0 Å². The summed E-state index contributed by atoms with van der Waals surface area (Å²) in [5.74, 6) is 0.340. The molecule has 21 heavy (non-hydrogen) atoms. The highest BCUT2D eigenvalue weighted by molar-refractivity contribution is 7.90. The predicted octanol–water partition coefficient (Wildman–Crippen LogP) is 0.695. The van der Waals surface area contributed by atoms with Gasteiger partial charge in [-0.1, -0.05) is 0 Å². The third-order valence-corrected chi connectivity index (χ3v) is 5.21. The van der Waals surface area contributed by atoms with Crippen molar-refractivity contribution in [2.45, 2.75) is 18.9 Å². The van der Waals surface area contributed by atoms with E-state index in [1.54, 1.807) is 12.1 Å². The number of hydrogen-bond donors (Lipinski definition) is 1. The van der Waals surface area contributed by atoms with Crippen molar-refractivity contribution in [3.8, 4) is 5.75 Å². The maximum atomic E-state index is 12.5. The second kappa shape index (κ2) is 5.19. The number of aromatic nitrogens is 2. The van der Waals surface area contributed by atoms with Gasteiger partial charge in [-0.25, -0.2) is 13.5 Å². The van der Waals surface area contributed by atoms with Crippen LogP contribution in [0.15, 0.2) is 23.0 Å². The van der Waals surface area contributed by atoms with Crippen molar-refractivity contribution in [1.82, 2.24) is 9.19 Å². The third kappa shape index (κ3) is 2.56. The van der Waals surface area contributed by atoms with Crippen LogP contribution in [0.5, 0.6) is 5.75 Å². The fraction of sp³-hybridized carbons (Fsp3) is 0.462. The standard InChI is InChI=1S/C13H16N2O5S/c1-19-9-4-5-11-12(7-9)15(14-13(11)16)21(17,18)8-10-3-2-6-20-10/h4-5,7,10H,2-3,6,8H2,1H3,(H,14,16). The highest BCUT2D eigenvalue weighted by Crippen LogP contribution is 2.21. The molecule has 0 saturated carbocycles. The largest absolute Gasteiger partial charge is 0.497 e. The van der Waals surface area contributed by atoms with E-state index in [-0.39, 0.29) is 17.4 Å². The molecule has 0 amide bonds. The molecule has 0 aliphatic carbocycles. The first-order valence-corrected chi connectivity index (χ1v) is 8.26. The molecule has 1 aliphatic rings. The zero-order valence-electron chi connectivity index (χ0n) is 11.5. The summed E-state index contributed by atoms with van der Waals surface area (Å²) in [4.78, 5) is 11.9. The van der Waals surface area contributed by atoms with E-state index >= 15 is 0 Å². The summed E-state index contributed by atoms with van der Waals surface area (Å²) in [5, 5.41) is 2.69. The molecule has 1 aliphatic heterocycles. The molecular weight excluding hydrogens is 296 g/mol. The zero-order chi connectivity index (χ0) is 15.0. The van der Waals surface area contributed by atoms with E-state index in [0.717, 1.165) is 10.5 Å². The molecule has 1 saturated heterocycles. The highest BCUT2D eigenvalue weighted by Gasteiger charge is 2.26. The zero-order valence-corrected chi connectivity index (χ0v) is 12.4.